The number of rotatable bonds is 0. The van der Waals surface area contributed by atoms with Gasteiger partial charge in [-0.1, -0.05) is 32.9 Å². The summed E-state index contributed by atoms with van der Waals surface area (Å²) in [7, 11) is 0. The maximum Gasteiger partial charge on any atom is 0.295 e. The van der Waals surface area contributed by atoms with E-state index in [1.54, 1.807) is 0 Å². The Labute approximate surface area is 89.2 Å². The van der Waals surface area contributed by atoms with Crippen molar-refractivity contribution in [3.63, 3.8) is 0 Å². The molecule has 1 amide bonds. The van der Waals surface area contributed by atoms with Gasteiger partial charge in [0.1, 0.15) is 0 Å². The van der Waals surface area contributed by atoms with E-state index in [1.165, 1.54) is 5.56 Å². The van der Waals surface area contributed by atoms with E-state index in [2.05, 4.69) is 37.1 Å². The van der Waals surface area contributed by atoms with Gasteiger partial charge in [-0.25, -0.2) is 0 Å². The largest absolute Gasteiger partial charge is 0.295 e. The average molecular weight is 202 g/mol. The first-order chi connectivity index (χ1) is 6.98. The van der Waals surface area contributed by atoms with Crippen LogP contribution in [0.3, 0.4) is 0 Å². The minimum atomic E-state index is -0.225. The maximum absolute atomic E-state index is 11.4. The van der Waals surface area contributed by atoms with E-state index < -0.39 is 0 Å². The predicted molar refractivity (Wildman–Crippen MR) is 58.0 cm³/mol. The van der Waals surface area contributed by atoms with Crippen molar-refractivity contribution < 1.29 is 4.79 Å². The lowest BCUT2D eigenvalue weighted by Crippen LogP contribution is -2.13. The van der Waals surface area contributed by atoms with Crippen molar-refractivity contribution >= 4 is 5.91 Å². The summed E-state index contributed by atoms with van der Waals surface area (Å²) in [6.07, 6.45) is 0. The molecule has 1 aromatic carbocycles. The van der Waals surface area contributed by atoms with E-state index in [0.29, 0.717) is 12.1 Å². The zero-order chi connectivity index (χ0) is 11.1. The average Bonchev–Trinajstić information content (AvgIpc) is 2.16. The van der Waals surface area contributed by atoms with E-state index in [-0.39, 0.29) is 11.3 Å². The first kappa shape index (κ1) is 10.0. The van der Waals surface area contributed by atoms with E-state index in [4.69, 9.17) is 0 Å². The summed E-state index contributed by atoms with van der Waals surface area (Å²) in [6, 6.07) is 5.92. The molecule has 3 nitrogen and oxygen atoms in total. The number of carbonyl (C=O) groups excluding carboxylic acids is 1. The molecule has 0 aromatic heterocycles. The second kappa shape index (κ2) is 3.26. The molecule has 0 bridgehead atoms. The van der Waals surface area contributed by atoms with Crippen molar-refractivity contribution in [3.8, 4) is 0 Å². The quantitative estimate of drug-likeness (QED) is 0.637. The van der Waals surface area contributed by atoms with Gasteiger partial charge in [0.05, 0.1) is 6.54 Å². The van der Waals surface area contributed by atoms with Crippen LogP contribution in [-0.2, 0) is 12.0 Å². The van der Waals surface area contributed by atoms with Gasteiger partial charge >= 0.3 is 0 Å². The van der Waals surface area contributed by atoms with Gasteiger partial charge in [-0.05, 0) is 22.6 Å². The van der Waals surface area contributed by atoms with E-state index in [1.807, 2.05) is 12.1 Å². The molecule has 1 aromatic rings. The Kier molecular flexibility index (Phi) is 2.18. The Hall–Kier alpha value is -1.51. The van der Waals surface area contributed by atoms with Crippen LogP contribution in [-0.4, -0.2) is 5.91 Å². The molecule has 78 valence electrons. The Balaban J connectivity index is 2.49. The number of azo groups is 1. The van der Waals surface area contributed by atoms with Gasteiger partial charge in [0.25, 0.3) is 5.91 Å². The predicted octanol–water partition coefficient (Wildman–Crippen LogP) is 3.09. The third-order valence-corrected chi connectivity index (χ3v) is 2.60. The Bertz CT molecular complexity index is 441. The number of amides is 1. The monoisotopic (exact) mass is 202 g/mol. The Morgan fingerprint density at radius 1 is 1.27 bits per heavy atom. The van der Waals surface area contributed by atoms with Crippen LogP contribution in [0.1, 0.15) is 42.3 Å². The third kappa shape index (κ3) is 1.82. The molecule has 1 aliphatic rings. The summed E-state index contributed by atoms with van der Waals surface area (Å²) < 4.78 is 0. The molecule has 15 heavy (non-hydrogen) atoms. The molecule has 0 spiro atoms. The minimum Gasteiger partial charge on any atom is -0.265 e. The standard InChI is InChI=1S/C12H14N2O/c1-12(2,3)9-4-5-10-8(6-9)7-13-14-11(10)15/h4-6H,7H2,1-3H3. The fourth-order valence-electron chi connectivity index (χ4n) is 1.63. The molecule has 1 heterocycles. The molecular weight excluding hydrogens is 188 g/mol. The fourth-order valence-corrected chi connectivity index (χ4v) is 1.63. The van der Waals surface area contributed by atoms with Crippen LogP contribution in [0.5, 0.6) is 0 Å². The van der Waals surface area contributed by atoms with Gasteiger partial charge in [-0.3, -0.25) is 4.79 Å². The number of nitrogens with zero attached hydrogens (tertiary/aromatic N) is 2. The van der Waals surface area contributed by atoms with Crippen molar-refractivity contribution in [2.24, 2.45) is 10.2 Å². The van der Waals surface area contributed by atoms with Crippen LogP contribution < -0.4 is 0 Å². The summed E-state index contributed by atoms with van der Waals surface area (Å²) >= 11 is 0. The molecule has 0 radical (unpaired) electrons. The third-order valence-electron chi connectivity index (χ3n) is 2.60. The van der Waals surface area contributed by atoms with E-state index in [9.17, 15) is 4.79 Å². The number of carbonyl (C=O) groups is 1. The van der Waals surface area contributed by atoms with Gasteiger partial charge in [0.2, 0.25) is 0 Å². The zero-order valence-corrected chi connectivity index (χ0v) is 9.24. The van der Waals surface area contributed by atoms with Crippen LogP contribution in [0, 0.1) is 0 Å². The smallest absolute Gasteiger partial charge is 0.265 e. The highest BCUT2D eigenvalue weighted by atomic mass is 16.1. The molecule has 0 N–H and O–H groups in total. The molecule has 2 rings (SSSR count). The lowest BCUT2D eigenvalue weighted by Gasteiger charge is -2.21. The topological polar surface area (TPSA) is 41.8 Å². The lowest BCUT2D eigenvalue weighted by atomic mass is 9.85. The van der Waals surface area contributed by atoms with Crippen LogP contribution in [0.2, 0.25) is 0 Å². The summed E-state index contributed by atoms with van der Waals surface area (Å²) in [6.45, 7) is 6.98. The second-order valence-corrected chi connectivity index (χ2v) is 4.83. The number of fused-ring (bicyclic) bond motifs is 1. The zero-order valence-electron chi connectivity index (χ0n) is 9.24. The SMILES string of the molecule is CC(C)(C)c1ccc2c(c1)CN=NC2=O. The highest BCUT2D eigenvalue weighted by Gasteiger charge is 2.19. The lowest BCUT2D eigenvalue weighted by molar-refractivity contribution is 0.0988. The van der Waals surface area contributed by atoms with Gasteiger partial charge in [0, 0.05) is 5.56 Å². The van der Waals surface area contributed by atoms with Crippen LogP contribution in [0.25, 0.3) is 0 Å². The molecule has 0 atom stereocenters. The van der Waals surface area contributed by atoms with Crippen molar-refractivity contribution in [1.82, 2.24) is 0 Å². The minimum absolute atomic E-state index is 0.104. The molecule has 0 fully saturated rings. The first-order valence-electron chi connectivity index (χ1n) is 5.04. The first-order valence-corrected chi connectivity index (χ1v) is 5.04. The van der Waals surface area contributed by atoms with Crippen molar-refractivity contribution in [1.29, 1.82) is 0 Å². The highest BCUT2D eigenvalue weighted by Crippen LogP contribution is 2.26. The van der Waals surface area contributed by atoms with Gasteiger partial charge < -0.3 is 0 Å². The van der Waals surface area contributed by atoms with E-state index in [0.717, 1.165) is 5.56 Å². The molecule has 0 unspecified atom stereocenters. The van der Waals surface area contributed by atoms with Gasteiger partial charge in [-0.15, -0.1) is 5.11 Å². The summed E-state index contributed by atoms with van der Waals surface area (Å²) in [4.78, 5) is 11.4. The Morgan fingerprint density at radius 2 is 2.00 bits per heavy atom. The molecule has 3 heteroatoms. The van der Waals surface area contributed by atoms with Gasteiger partial charge in [0.15, 0.2) is 0 Å². The molecule has 0 saturated heterocycles. The van der Waals surface area contributed by atoms with Crippen LogP contribution >= 0.6 is 0 Å². The number of hydrogen-bond donors (Lipinski definition) is 0. The highest BCUT2D eigenvalue weighted by molar-refractivity contribution is 5.96. The number of benzene rings is 1. The molecule has 0 saturated carbocycles. The second-order valence-electron chi connectivity index (χ2n) is 4.83. The normalized spacial score (nSPS) is 15.3. The van der Waals surface area contributed by atoms with Crippen LogP contribution in [0.15, 0.2) is 28.4 Å². The van der Waals surface area contributed by atoms with E-state index >= 15 is 0 Å². The fraction of sp³-hybridized carbons (Fsp3) is 0.417. The van der Waals surface area contributed by atoms with Crippen LogP contribution in [0.4, 0.5) is 0 Å². The van der Waals surface area contributed by atoms with Crippen molar-refractivity contribution in [2.75, 3.05) is 0 Å². The molecule has 0 aliphatic carbocycles. The summed E-state index contributed by atoms with van der Waals surface area (Å²) in [5.74, 6) is -0.225. The summed E-state index contributed by atoms with van der Waals surface area (Å²) in [5.41, 5.74) is 3.01. The van der Waals surface area contributed by atoms with Gasteiger partial charge in [-0.2, -0.15) is 5.11 Å². The number of hydrogen-bond acceptors (Lipinski definition) is 2. The molecule has 1 aliphatic heterocycles. The van der Waals surface area contributed by atoms with Crippen molar-refractivity contribution in [2.45, 2.75) is 32.7 Å². The molecular formula is C12H14N2O. The maximum atomic E-state index is 11.4. The van der Waals surface area contributed by atoms with Crippen molar-refractivity contribution in [3.05, 3.63) is 34.9 Å². The Morgan fingerprint density at radius 3 is 2.67 bits per heavy atom. The summed E-state index contributed by atoms with van der Waals surface area (Å²) in [5, 5.41) is 7.35.